The molecule has 2 aromatic heterocycles. The van der Waals surface area contributed by atoms with Crippen molar-refractivity contribution >= 4 is 35.1 Å². The molecule has 33 heavy (non-hydrogen) atoms. The van der Waals surface area contributed by atoms with E-state index in [2.05, 4.69) is 56.9 Å². The highest BCUT2D eigenvalue weighted by molar-refractivity contribution is 7.99. The zero-order valence-corrected chi connectivity index (χ0v) is 21.4. The number of anilines is 3. The minimum absolute atomic E-state index is 0.0124. The number of benzene rings is 1. The highest BCUT2D eigenvalue weighted by Crippen LogP contribution is 2.31. The summed E-state index contributed by atoms with van der Waals surface area (Å²) >= 11 is 1.48. The minimum Gasteiger partial charge on any atom is -0.333 e. The van der Waals surface area contributed by atoms with Gasteiger partial charge in [0.05, 0.1) is 0 Å². The molecule has 0 unspecified atom stereocenters. The number of carbonyl (C=O) groups is 1. The topological polar surface area (TPSA) is 108 Å². The number of rotatable bonds is 5. The van der Waals surface area contributed by atoms with Crippen LogP contribution in [0, 0.1) is 13.8 Å². The molecule has 8 nitrogen and oxygen atoms in total. The molecule has 0 saturated carbocycles. The lowest BCUT2D eigenvalue weighted by molar-refractivity contribution is 0.244. The van der Waals surface area contributed by atoms with Crippen molar-refractivity contribution in [3.8, 4) is 0 Å². The van der Waals surface area contributed by atoms with E-state index in [0.717, 1.165) is 27.5 Å². The Hall–Kier alpha value is -3.07. The fraction of sp³-hybridized carbons (Fsp3) is 0.417. The minimum atomic E-state index is -0.298. The van der Waals surface area contributed by atoms with Crippen LogP contribution >= 0.6 is 11.8 Å². The van der Waals surface area contributed by atoms with Gasteiger partial charge in [-0.15, -0.1) is 0 Å². The van der Waals surface area contributed by atoms with E-state index in [0.29, 0.717) is 16.8 Å². The van der Waals surface area contributed by atoms with Crippen LogP contribution in [-0.2, 0) is 5.41 Å². The molecule has 0 aliphatic heterocycles. The van der Waals surface area contributed by atoms with E-state index < -0.39 is 0 Å². The summed E-state index contributed by atoms with van der Waals surface area (Å²) in [7, 11) is 0. The Morgan fingerprint density at radius 3 is 2.30 bits per heavy atom. The van der Waals surface area contributed by atoms with Crippen molar-refractivity contribution in [3.63, 3.8) is 0 Å². The van der Waals surface area contributed by atoms with Gasteiger partial charge < -0.3 is 16.0 Å². The maximum atomic E-state index is 12.1. The summed E-state index contributed by atoms with van der Waals surface area (Å²) in [6.45, 7) is 16.2. The van der Waals surface area contributed by atoms with Crippen LogP contribution in [0.4, 0.5) is 22.1 Å². The van der Waals surface area contributed by atoms with Crippen LogP contribution < -0.4 is 16.0 Å². The monoisotopic (exact) mass is 467 g/mol. The zero-order chi connectivity index (χ0) is 24.4. The lowest BCUT2D eigenvalue weighted by Crippen LogP contribution is -2.43. The number of nitrogens with one attached hydrogen (secondary N) is 4. The Kier molecular flexibility index (Phi) is 7.02. The Labute approximate surface area is 199 Å². The number of aryl methyl sites for hydroxylation is 2. The summed E-state index contributed by atoms with van der Waals surface area (Å²) < 4.78 is 0. The zero-order valence-electron chi connectivity index (χ0n) is 20.5. The first-order chi connectivity index (χ1) is 15.3. The van der Waals surface area contributed by atoms with Crippen LogP contribution in [0.25, 0.3) is 0 Å². The number of urea groups is 1. The van der Waals surface area contributed by atoms with Crippen LogP contribution in [0.5, 0.6) is 0 Å². The second-order valence-corrected chi connectivity index (χ2v) is 11.1. The number of aromatic nitrogens is 4. The summed E-state index contributed by atoms with van der Waals surface area (Å²) in [4.78, 5) is 22.4. The number of nitrogens with zero attached hydrogens (tertiary/aromatic N) is 3. The number of hydrogen-bond acceptors (Lipinski definition) is 6. The van der Waals surface area contributed by atoms with E-state index >= 15 is 0 Å². The fourth-order valence-corrected chi connectivity index (χ4v) is 3.88. The van der Waals surface area contributed by atoms with Crippen molar-refractivity contribution in [2.24, 2.45) is 0 Å². The van der Waals surface area contributed by atoms with Gasteiger partial charge in [-0.25, -0.2) is 14.8 Å². The second-order valence-electron chi connectivity index (χ2n) is 10.1. The van der Waals surface area contributed by atoms with Gasteiger partial charge in [-0.1, -0.05) is 20.8 Å². The van der Waals surface area contributed by atoms with Gasteiger partial charge in [0.1, 0.15) is 5.82 Å². The Morgan fingerprint density at radius 1 is 0.970 bits per heavy atom. The number of H-pyrrole nitrogens is 1. The van der Waals surface area contributed by atoms with Gasteiger partial charge in [-0.05, 0) is 70.1 Å². The van der Waals surface area contributed by atoms with Crippen molar-refractivity contribution in [1.82, 2.24) is 25.5 Å². The van der Waals surface area contributed by atoms with E-state index in [9.17, 15) is 4.79 Å². The molecule has 0 saturated heterocycles. The third kappa shape index (κ3) is 7.21. The van der Waals surface area contributed by atoms with E-state index in [1.54, 1.807) is 0 Å². The molecule has 0 fully saturated rings. The number of amides is 2. The third-order valence-corrected chi connectivity index (χ3v) is 5.64. The maximum absolute atomic E-state index is 12.1. The molecular weight excluding hydrogens is 434 g/mol. The number of hydrogen-bond donors (Lipinski definition) is 4. The van der Waals surface area contributed by atoms with Gasteiger partial charge in [-0.2, -0.15) is 5.10 Å². The molecule has 0 bridgehead atoms. The smallest absolute Gasteiger partial charge is 0.319 e. The molecule has 0 radical (unpaired) electrons. The van der Waals surface area contributed by atoms with Crippen molar-refractivity contribution < 1.29 is 4.79 Å². The Morgan fingerprint density at radius 2 is 1.70 bits per heavy atom. The van der Waals surface area contributed by atoms with Gasteiger partial charge in [-0.3, -0.25) is 5.10 Å². The van der Waals surface area contributed by atoms with Crippen LogP contribution in [-0.4, -0.2) is 31.7 Å². The van der Waals surface area contributed by atoms with Crippen LogP contribution in [0.15, 0.2) is 40.4 Å². The van der Waals surface area contributed by atoms with Crippen molar-refractivity contribution in [2.75, 3.05) is 10.6 Å². The van der Waals surface area contributed by atoms with Gasteiger partial charge >= 0.3 is 6.03 Å². The number of carbonyl (C=O) groups excluding carboxylic acids is 1. The van der Waals surface area contributed by atoms with Crippen LogP contribution in [0.2, 0.25) is 0 Å². The second kappa shape index (κ2) is 9.43. The predicted molar refractivity (Wildman–Crippen MR) is 135 cm³/mol. The molecule has 3 aromatic rings. The molecule has 0 aliphatic rings. The quantitative estimate of drug-likeness (QED) is 0.347. The first-order valence-electron chi connectivity index (χ1n) is 10.8. The third-order valence-electron chi connectivity index (χ3n) is 4.60. The molecule has 4 N–H and O–H groups in total. The Bertz CT molecular complexity index is 1140. The van der Waals surface area contributed by atoms with Crippen LogP contribution in [0.1, 0.15) is 58.5 Å². The summed E-state index contributed by atoms with van der Waals surface area (Å²) in [6, 6.07) is 9.45. The maximum Gasteiger partial charge on any atom is 0.319 e. The van der Waals surface area contributed by atoms with E-state index in [4.69, 9.17) is 0 Å². The summed E-state index contributed by atoms with van der Waals surface area (Å²) in [5.41, 5.74) is 3.35. The van der Waals surface area contributed by atoms with Crippen LogP contribution in [0.3, 0.4) is 0 Å². The predicted octanol–water partition coefficient (Wildman–Crippen LogP) is 5.93. The molecule has 0 aliphatic carbocycles. The normalized spacial score (nSPS) is 11.9. The number of aromatic amines is 1. The molecule has 0 atom stereocenters. The summed E-state index contributed by atoms with van der Waals surface area (Å²) in [5.74, 6) is 1.40. The highest BCUT2D eigenvalue weighted by atomic mass is 32.2. The van der Waals surface area contributed by atoms with Crippen molar-refractivity contribution in [3.05, 3.63) is 47.3 Å². The van der Waals surface area contributed by atoms with Gasteiger partial charge in [0, 0.05) is 45.1 Å². The molecule has 2 heterocycles. The Balaban J connectivity index is 1.72. The van der Waals surface area contributed by atoms with Crippen molar-refractivity contribution in [1.29, 1.82) is 0 Å². The molecule has 176 valence electrons. The first kappa shape index (κ1) is 24.6. The molecule has 9 heteroatoms. The lowest BCUT2D eigenvalue weighted by Gasteiger charge is -2.21. The molecule has 1 aromatic carbocycles. The molecular formula is C24H33N7OS. The molecule has 3 rings (SSSR count). The first-order valence-corrected chi connectivity index (χ1v) is 11.7. The molecule has 2 amide bonds. The average Bonchev–Trinajstić information content (AvgIpc) is 3.11. The van der Waals surface area contributed by atoms with E-state index in [1.807, 2.05) is 65.0 Å². The standard InChI is InChI=1S/C24H33N7OS/c1-14-11-16(26-21(32)29-24(6,7)8)9-10-17(14)33-22-25-15(2)12-19(28-22)27-20-13-18(30-31-20)23(3,4)5/h9-13H,1-8H3,(H2,26,29,32)(H2,25,27,28,30,31). The molecule has 0 spiro atoms. The van der Waals surface area contributed by atoms with Crippen molar-refractivity contribution in [2.45, 2.75) is 76.4 Å². The van der Waals surface area contributed by atoms with E-state index in [-0.39, 0.29) is 17.0 Å². The lowest BCUT2D eigenvalue weighted by atomic mass is 9.92. The fourth-order valence-electron chi connectivity index (χ4n) is 3.00. The highest BCUT2D eigenvalue weighted by Gasteiger charge is 2.17. The van der Waals surface area contributed by atoms with Gasteiger partial charge in [0.25, 0.3) is 0 Å². The summed E-state index contributed by atoms with van der Waals surface area (Å²) in [6.07, 6.45) is 0. The van der Waals surface area contributed by atoms with E-state index in [1.165, 1.54) is 11.8 Å². The largest absolute Gasteiger partial charge is 0.333 e. The average molecular weight is 468 g/mol. The van der Waals surface area contributed by atoms with Gasteiger partial charge in [0.2, 0.25) is 0 Å². The summed E-state index contributed by atoms with van der Waals surface area (Å²) in [5, 5.41) is 17.1. The SMILES string of the molecule is Cc1cc(Nc2cc(C(C)(C)C)[nH]n2)nc(Sc2ccc(NC(=O)NC(C)(C)C)cc2C)n1. The van der Waals surface area contributed by atoms with Gasteiger partial charge in [0.15, 0.2) is 11.0 Å².